The number of anilines is 1. The highest BCUT2D eigenvalue weighted by Gasteiger charge is 2.34. The molecule has 2 atom stereocenters. The van der Waals surface area contributed by atoms with E-state index in [0.29, 0.717) is 31.1 Å². The summed E-state index contributed by atoms with van der Waals surface area (Å²) in [6.45, 7) is 8.16. The molecule has 1 aromatic carbocycles. The number of rotatable bonds is 16. The fraction of sp³-hybridized carbons (Fsp3) is 0.606. The Hall–Kier alpha value is -3.65. The number of aromatic nitrogens is 2. The maximum Gasteiger partial charge on any atom is 0.409 e. The topological polar surface area (TPSA) is 153 Å². The van der Waals surface area contributed by atoms with Crippen LogP contribution in [-0.4, -0.2) is 122 Å². The van der Waals surface area contributed by atoms with Crippen molar-refractivity contribution < 1.29 is 41.9 Å². The number of unbranched alkanes of at least 4 members (excludes halogenated alkanes) is 1. The van der Waals surface area contributed by atoms with Crippen molar-refractivity contribution in [1.82, 2.24) is 25.1 Å². The van der Waals surface area contributed by atoms with E-state index in [9.17, 15) is 23.3 Å². The minimum Gasteiger partial charge on any atom is -0.449 e. The highest BCUT2D eigenvalue weighted by atomic mass is 31.2. The van der Waals surface area contributed by atoms with Crippen LogP contribution >= 0.6 is 7.60 Å². The second-order valence-electron chi connectivity index (χ2n) is 11.8. The van der Waals surface area contributed by atoms with Gasteiger partial charge in [0.05, 0.1) is 32.1 Å². The van der Waals surface area contributed by atoms with Crippen molar-refractivity contribution in [3.8, 4) is 11.4 Å². The summed E-state index contributed by atoms with van der Waals surface area (Å²) >= 11 is 0. The highest BCUT2D eigenvalue weighted by Crippen LogP contribution is 2.48. The summed E-state index contributed by atoms with van der Waals surface area (Å²) < 4.78 is 49.3. The SMILES string of the molecule is CCCCOC(=O)N1CCN(C(=O)[C@H](CCP(=O)(OCC)OCC)NC(=O)c2cc(N3CC[C@H](OC)C3)nc(-c3cccc(F)c3)n2)CC1. The molecule has 0 radical (unpaired) electrons. The molecule has 270 valence electrons. The van der Waals surface area contributed by atoms with Gasteiger partial charge in [-0.25, -0.2) is 19.2 Å². The first-order valence-corrected chi connectivity index (χ1v) is 18.6. The van der Waals surface area contributed by atoms with Crippen molar-refractivity contribution in [2.75, 3.05) is 77.3 Å². The molecule has 2 aromatic rings. The standard InChI is InChI=1S/C33H48FN6O8P/c1-5-8-19-46-33(43)39-17-15-38(16-18-39)32(42)27(13-20-49(44,47-6-2)48-7-3)36-31(41)28-22-29(40-14-12-26(23-40)45-4)37-30(35-28)24-10-9-11-25(34)21-24/h9-11,21-22,26-27H,5-8,12-20,23H2,1-4H3,(H,36,41)/t26-,27-/m0/s1. The van der Waals surface area contributed by atoms with E-state index in [0.717, 1.165) is 19.3 Å². The van der Waals surface area contributed by atoms with E-state index in [1.165, 1.54) is 24.3 Å². The number of carbonyl (C=O) groups is 3. The van der Waals surface area contributed by atoms with Crippen LogP contribution in [0.4, 0.5) is 15.0 Å². The third kappa shape index (κ3) is 10.7. The highest BCUT2D eigenvalue weighted by molar-refractivity contribution is 7.53. The minimum atomic E-state index is -3.56. The predicted octanol–water partition coefficient (Wildman–Crippen LogP) is 4.34. The molecular formula is C33H48FN6O8P. The van der Waals surface area contributed by atoms with E-state index >= 15 is 0 Å². The van der Waals surface area contributed by atoms with Gasteiger partial charge in [-0.1, -0.05) is 25.5 Å². The normalized spacial score (nSPS) is 17.2. The number of methoxy groups -OCH3 is 1. The summed E-state index contributed by atoms with van der Waals surface area (Å²) in [5, 5.41) is 2.81. The van der Waals surface area contributed by atoms with Crippen molar-refractivity contribution in [3.63, 3.8) is 0 Å². The molecule has 0 aliphatic carbocycles. The monoisotopic (exact) mass is 706 g/mol. The quantitative estimate of drug-likeness (QED) is 0.196. The maximum atomic E-state index is 14.2. The van der Waals surface area contributed by atoms with Crippen LogP contribution in [0.3, 0.4) is 0 Å². The van der Waals surface area contributed by atoms with Crippen molar-refractivity contribution >= 4 is 31.3 Å². The molecule has 3 amide bonds. The van der Waals surface area contributed by atoms with Crippen molar-refractivity contribution in [3.05, 3.63) is 41.8 Å². The summed E-state index contributed by atoms with van der Waals surface area (Å²) in [4.78, 5) is 54.6. The Bertz CT molecular complexity index is 1470. The molecule has 0 bridgehead atoms. The molecule has 2 saturated heterocycles. The lowest BCUT2D eigenvalue weighted by Crippen LogP contribution is -2.56. The number of nitrogens with one attached hydrogen (secondary N) is 1. The summed E-state index contributed by atoms with van der Waals surface area (Å²) in [5.41, 5.74) is 0.354. The Morgan fingerprint density at radius 2 is 1.73 bits per heavy atom. The van der Waals surface area contributed by atoms with Gasteiger partial charge in [-0.05, 0) is 45.2 Å². The molecule has 2 aliphatic rings. The molecule has 16 heteroatoms. The molecule has 3 heterocycles. The average Bonchev–Trinajstić information content (AvgIpc) is 3.59. The molecule has 2 aliphatic heterocycles. The van der Waals surface area contributed by atoms with E-state index in [1.807, 2.05) is 11.8 Å². The summed E-state index contributed by atoms with van der Waals surface area (Å²) in [5.74, 6) is -0.950. The number of ether oxygens (including phenoxy) is 2. The van der Waals surface area contributed by atoms with Gasteiger partial charge >= 0.3 is 13.7 Å². The van der Waals surface area contributed by atoms with Gasteiger partial charge in [-0.15, -0.1) is 0 Å². The van der Waals surface area contributed by atoms with Crippen LogP contribution in [0.2, 0.25) is 0 Å². The number of nitrogens with zero attached hydrogens (tertiary/aromatic N) is 5. The van der Waals surface area contributed by atoms with Crippen LogP contribution in [-0.2, 0) is 27.9 Å². The first-order chi connectivity index (χ1) is 23.6. The number of amides is 3. The molecule has 0 saturated carbocycles. The van der Waals surface area contributed by atoms with E-state index in [4.69, 9.17) is 18.5 Å². The third-order valence-electron chi connectivity index (χ3n) is 8.35. The average molecular weight is 707 g/mol. The molecule has 0 spiro atoms. The lowest BCUT2D eigenvalue weighted by Gasteiger charge is -2.36. The lowest BCUT2D eigenvalue weighted by molar-refractivity contribution is -0.134. The van der Waals surface area contributed by atoms with Gasteiger partial charge in [0.2, 0.25) is 5.91 Å². The Morgan fingerprint density at radius 1 is 1.02 bits per heavy atom. The first kappa shape index (κ1) is 38.2. The van der Waals surface area contributed by atoms with Crippen LogP contribution in [0.1, 0.15) is 56.9 Å². The molecule has 49 heavy (non-hydrogen) atoms. The zero-order chi connectivity index (χ0) is 35.4. The van der Waals surface area contributed by atoms with Crippen LogP contribution in [0.15, 0.2) is 30.3 Å². The van der Waals surface area contributed by atoms with Crippen LogP contribution in [0.5, 0.6) is 0 Å². The van der Waals surface area contributed by atoms with E-state index in [1.54, 1.807) is 36.8 Å². The van der Waals surface area contributed by atoms with E-state index < -0.39 is 37.4 Å². The van der Waals surface area contributed by atoms with Gasteiger partial charge in [-0.2, -0.15) is 0 Å². The number of carbonyl (C=O) groups excluding carboxylic acids is 3. The smallest absolute Gasteiger partial charge is 0.409 e. The molecule has 2 fully saturated rings. The van der Waals surface area contributed by atoms with Gasteiger partial charge < -0.3 is 38.5 Å². The van der Waals surface area contributed by atoms with Crippen molar-refractivity contribution in [1.29, 1.82) is 0 Å². The second kappa shape index (κ2) is 18.4. The van der Waals surface area contributed by atoms with Crippen molar-refractivity contribution in [2.45, 2.75) is 58.6 Å². The van der Waals surface area contributed by atoms with Gasteiger partial charge in [0.1, 0.15) is 23.4 Å². The van der Waals surface area contributed by atoms with E-state index in [-0.39, 0.29) is 69.6 Å². The minimum absolute atomic E-state index is 0.0168. The Balaban J connectivity index is 1.58. The van der Waals surface area contributed by atoms with Gasteiger partial charge in [0.25, 0.3) is 5.91 Å². The first-order valence-electron chi connectivity index (χ1n) is 16.9. The van der Waals surface area contributed by atoms with Crippen molar-refractivity contribution in [2.24, 2.45) is 0 Å². The zero-order valence-corrected chi connectivity index (χ0v) is 29.7. The number of benzene rings is 1. The van der Waals surface area contributed by atoms with Crippen LogP contribution in [0.25, 0.3) is 11.4 Å². The maximum absolute atomic E-state index is 14.2. The van der Waals surface area contributed by atoms with E-state index in [2.05, 4.69) is 15.3 Å². The number of hydrogen-bond acceptors (Lipinski definition) is 11. The largest absolute Gasteiger partial charge is 0.449 e. The second-order valence-corrected chi connectivity index (χ2v) is 14.0. The van der Waals surface area contributed by atoms with Crippen LogP contribution < -0.4 is 10.2 Å². The predicted molar refractivity (Wildman–Crippen MR) is 181 cm³/mol. The molecule has 0 unspecified atom stereocenters. The number of piperazine rings is 1. The molecular weight excluding hydrogens is 658 g/mol. The van der Waals surface area contributed by atoms with Gasteiger partial charge in [0, 0.05) is 58.0 Å². The Labute approximate surface area is 287 Å². The number of hydrogen-bond donors (Lipinski definition) is 1. The molecule has 4 rings (SSSR count). The van der Waals surface area contributed by atoms with Gasteiger partial charge in [0.15, 0.2) is 5.82 Å². The Morgan fingerprint density at radius 3 is 2.37 bits per heavy atom. The Kier molecular flexibility index (Phi) is 14.3. The summed E-state index contributed by atoms with van der Waals surface area (Å²) in [7, 11) is -1.92. The molecule has 1 aromatic heterocycles. The third-order valence-corrected chi connectivity index (χ3v) is 10.5. The summed E-state index contributed by atoms with van der Waals surface area (Å²) in [6, 6.07) is 6.19. The zero-order valence-electron chi connectivity index (χ0n) is 28.8. The fourth-order valence-electron chi connectivity index (χ4n) is 5.66. The summed E-state index contributed by atoms with van der Waals surface area (Å²) in [6.07, 6.45) is 1.82. The molecule has 1 N–H and O–H groups in total. The van der Waals surface area contributed by atoms with Crippen LogP contribution in [0, 0.1) is 5.82 Å². The molecule has 14 nitrogen and oxygen atoms in total. The lowest BCUT2D eigenvalue weighted by atomic mass is 10.1. The van der Waals surface area contributed by atoms with Gasteiger partial charge in [-0.3, -0.25) is 14.2 Å². The number of halogens is 1. The fourth-order valence-corrected chi connectivity index (χ4v) is 7.35.